The molecule has 4 fully saturated rings. The Morgan fingerprint density at radius 3 is 2.35 bits per heavy atom. The Morgan fingerprint density at radius 2 is 1.85 bits per heavy atom. The Hall–Kier alpha value is -0.540. The van der Waals surface area contributed by atoms with Gasteiger partial charge < -0.3 is 11.1 Å². The maximum absolute atomic E-state index is 6.00. The number of nitrogens with two attached hydrogens (primary N) is 1. The fourth-order valence-corrected chi connectivity index (χ4v) is 6.41. The van der Waals surface area contributed by atoms with Crippen LogP contribution in [-0.2, 0) is 6.54 Å². The van der Waals surface area contributed by atoms with Gasteiger partial charge in [0.15, 0.2) is 0 Å². The zero-order valence-electron chi connectivity index (χ0n) is 12.4. The summed E-state index contributed by atoms with van der Waals surface area (Å²) < 4.78 is 0. The van der Waals surface area contributed by atoms with Crippen molar-refractivity contribution in [3.8, 4) is 0 Å². The minimum atomic E-state index is 0.598. The SMILES string of the molecule is CC(NCc1sccc1N)C12CC3CC(CC(C3)C1)C2. The fraction of sp³-hybridized carbons (Fsp3) is 0.765. The third kappa shape index (κ3) is 2.10. The Balaban J connectivity index is 1.45. The van der Waals surface area contributed by atoms with E-state index in [9.17, 15) is 0 Å². The smallest absolute Gasteiger partial charge is 0.0468 e. The van der Waals surface area contributed by atoms with Gasteiger partial charge in [-0.05, 0) is 80.1 Å². The second-order valence-corrected chi connectivity index (χ2v) is 8.68. The highest BCUT2D eigenvalue weighted by atomic mass is 32.1. The standard InChI is InChI=1S/C17H26N2S/c1-11(19-10-16-15(18)2-3-20-16)17-7-12-4-13(8-17)6-14(5-12)9-17/h2-3,11-14,19H,4-10,18H2,1H3. The van der Waals surface area contributed by atoms with Crippen LogP contribution < -0.4 is 11.1 Å². The van der Waals surface area contributed by atoms with E-state index in [1.807, 2.05) is 6.07 Å². The van der Waals surface area contributed by atoms with E-state index >= 15 is 0 Å². The quantitative estimate of drug-likeness (QED) is 0.879. The van der Waals surface area contributed by atoms with Gasteiger partial charge in [-0.1, -0.05) is 0 Å². The van der Waals surface area contributed by atoms with Crippen LogP contribution in [0.15, 0.2) is 11.4 Å². The largest absolute Gasteiger partial charge is 0.398 e. The maximum Gasteiger partial charge on any atom is 0.0468 e. The Bertz CT molecular complexity index is 458. The summed E-state index contributed by atoms with van der Waals surface area (Å²) in [6, 6.07) is 2.66. The molecule has 110 valence electrons. The number of nitrogens with one attached hydrogen (secondary N) is 1. The van der Waals surface area contributed by atoms with Gasteiger partial charge in [0.2, 0.25) is 0 Å². The summed E-state index contributed by atoms with van der Waals surface area (Å²) in [5, 5.41) is 5.91. The molecular formula is C17H26N2S. The Labute approximate surface area is 126 Å². The van der Waals surface area contributed by atoms with E-state index in [2.05, 4.69) is 17.6 Å². The van der Waals surface area contributed by atoms with Gasteiger partial charge in [0.05, 0.1) is 0 Å². The Morgan fingerprint density at radius 1 is 1.25 bits per heavy atom. The van der Waals surface area contributed by atoms with E-state index in [0.29, 0.717) is 11.5 Å². The van der Waals surface area contributed by atoms with Crippen molar-refractivity contribution in [1.29, 1.82) is 0 Å². The van der Waals surface area contributed by atoms with Gasteiger partial charge >= 0.3 is 0 Å². The maximum atomic E-state index is 6.00. The number of rotatable bonds is 4. The molecule has 1 aromatic rings. The van der Waals surface area contributed by atoms with Crippen LogP contribution in [0.5, 0.6) is 0 Å². The van der Waals surface area contributed by atoms with E-state index < -0.39 is 0 Å². The van der Waals surface area contributed by atoms with Gasteiger partial charge in [0, 0.05) is 23.2 Å². The van der Waals surface area contributed by atoms with Gasteiger partial charge in [-0.2, -0.15) is 0 Å². The Kier molecular flexibility index (Phi) is 3.11. The number of hydrogen-bond donors (Lipinski definition) is 2. The van der Waals surface area contributed by atoms with Crippen molar-refractivity contribution in [1.82, 2.24) is 5.32 Å². The fourth-order valence-electron chi connectivity index (χ4n) is 5.66. The van der Waals surface area contributed by atoms with Crippen molar-refractivity contribution in [2.45, 2.75) is 58.0 Å². The zero-order chi connectivity index (χ0) is 13.7. The molecule has 3 N–H and O–H groups in total. The molecule has 0 amide bonds. The molecule has 1 heterocycles. The molecule has 4 aliphatic rings. The summed E-state index contributed by atoms with van der Waals surface area (Å²) >= 11 is 1.78. The van der Waals surface area contributed by atoms with Crippen molar-refractivity contribution >= 4 is 17.0 Å². The second kappa shape index (κ2) is 4.74. The minimum Gasteiger partial charge on any atom is -0.398 e. The molecule has 5 rings (SSSR count). The second-order valence-electron chi connectivity index (χ2n) is 7.68. The lowest BCUT2D eigenvalue weighted by Gasteiger charge is -2.59. The van der Waals surface area contributed by atoms with Crippen LogP contribution in [-0.4, -0.2) is 6.04 Å². The van der Waals surface area contributed by atoms with Crippen LogP contribution in [0.3, 0.4) is 0 Å². The van der Waals surface area contributed by atoms with Gasteiger partial charge in [-0.25, -0.2) is 0 Å². The van der Waals surface area contributed by atoms with Crippen molar-refractivity contribution in [3.63, 3.8) is 0 Å². The predicted octanol–water partition coefficient (Wildman–Crippen LogP) is 4.02. The van der Waals surface area contributed by atoms with Gasteiger partial charge in [-0.15, -0.1) is 11.3 Å². The van der Waals surface area contributed by atoms with Gasteiger partial charge in [0.25, 0.3) is 0 Å². The average Bonchev–Trinajstić information content (AvgIpc) is 2.80. The molecule has 1 aromatic heterocycles. The third-order valence-corrected chi connectivity index (χ3v) is 7.29. The van der Waals surface area contributed by atoms with Crippen LogP contribution in [0.25, 0.3) is 0 Å². The van der Waals surface area contributed by atoms with Crippen LogP contribution in [0.2, 0.25) is 0 Å². The number of hydrogen-bond acceptors (Lipinski definition) is 3. The monoisotopic (exact) mass is 290 g/mol. The van der Waals surface area contributed by atoms with Crippen molar-refractivity contribution in [2.75, 3.05) is 5.73 Å². The average molecular weight is 290 g/mol. The van der Waals surface area contributed by atoms with E-state index in [0.717, 1.165) is 30.0 Å². The van der Waals surface area contributed by atoms with Crippen LogP contribution in [0, 0.1) is 23.2 Å². The molecule has 2 nitrogen and oxygen atoms in total. The van der Waals surface area contributed by atoms with Gasteiger partial charge in [0.1, 0.15) is 0 Å². The molecule has 3 heteroatoms. The van der Waals surface area contributed by atoms with Crippen LogP contribution in [0.1, 0.15) is 50.3 Å². The van der Waals surface area contributed by atoms with E-state index in [-0.39, 0.29) is 0 Å². The molecule has 0 aromatic carbocycles. The molecule has 0 aliphatic heterocycles. The highest BCUT2D eigenvalue weighted by Crippen LogP contribution is 2.61. The lowest BCUT2D eigenvalue weighted by molar-refractivity contribution is -0.0706. The lowest BCUT2D eigenvalue weighted by atomic mass is 9.48. The van der Waals surface area contributed by atoms with Crippen molar-refractivity contribution in [3.05, 3.63) is 16.3 Å². The normalized spacial score (nSPS) is 40.1. The van der Waals surface area contributed by atoms with E-state index in [1.165, 1.54) is 43.4 Å². The van der Waals surface area contributed by atoms with Gasteiger partial charge in [-0.3, -0.25) is 0 Å². The molecule has 0 saturated heterocycles. The first-order valence-corrected chi connectivity index (χ1v) is 9.08. The molecule has 1 unspecified atom stereocenters. The zero-order valence-corrected chi connectivity index (χ0v) is 13.2. The highest BCUT2D eigenvalue weighted by Gasteiger charge is 2.52. The molecule has 4 saturated carbocycles. The molecule has 0 radical (unpaired) electrons. The summed E-state index contributed by atoms with van der Waals surface area (Å²) in [6.07, 6.45) is 9.03. The topological polar surface area (TPSA) is 38.0 Å². The van der Waals surface area contributed by atoms with E-state index in [4.69, 9.17) is 5.73 Å². The lowest BCUT2D eigenvalue weighted by Crippen LogP contribution is -2.54. The molecular weight excluding hydrogens is 264 g/mol. The molecule has 0 spiro atoms. The summed E-state index contributed by atoms with van der Waals surface area (Å²) in [7, 11) is 0. The summed E-state index contributed by atoms with van der Waals surface area (Å²) in [6.45, 7) is 3.38. The predicted molar refractivity (Wildman–Crippen MR) is 85.6 cm³/mol. The summed E-state index contributed by atoms with van der Waals surface area (Å²) in [4.78, 5) is 1.31. The van der Waals surface area contributed by atoms with Crippen molar-refractivity contribution < 1.29 is 0 Å². The number of anilines is 1. The summed E-state index contributed by atoms with van der Waals surface area (Å²) in [5.41, 5.74) is 7.56. The van der Waals surface area contributed by atoms with E-state index in [1.54, 1.807) is 11.3 Å². The first-order valence-electron chi connectivity index (χ1n) is 8.20. The van der Waals surface area contributed by atoms with Crippen LogP contribution >= 0.6 is 11.3 Å². The highest BCUT2D eigenvalue weighted by molar-refractivity contribution is 7.10. The first-order chi connectivity index (χ1) is 9.64. The molecule has 1 atom stereocenters. The number of thiophene rings is 1. The third-order valence-electron chi connectivity index (χ3n) is 6.35. The first kappa shape index (κ1) is 13.1. The molecule has 4 bridgehead atoms. The minimum absolute atomic E-state index is 0.598. The molecule has 4 aliphatic carbocycles. The molecule has 20 heavy (non-hydrogen) atoms. The van der Waals surface area contributed by atoms with Crippen molar-refractivity contribution in [2.24, 2.45) is 23.2 Å². The summed E-state index contributed by atoms with van der Waals surface area (Å²) in [5.74, 6) is 3.12. The van der Waals surface area contributed by atoms with Crippen LogP contribution in [0.4, 0.5) is 5.69 Å². The number of nitrogen functional groups attached to an aromatic ring is 1.